The quantitative estimate of drug-likeness (QED) is 0.623. The van der Waals surface area contributed by atoms with Crippen LogP contribution < -0.4 is 10.5 Å². The number of nitrogens with zero attached hydrogens (tertiary/aromatic N) is 1. The fourth-order valence-electron chi connectivity index (χ4n) is 1.42. The first-order chi connectivity index (χ1) is 6.11. The molecule has 1 aliphatic rings. The second-order valence-corrected chi connectivity index (χ2v) is 5.02. The Morgan fingerprint density at radius 2 is 2.15 bits per heavy atom. The summed E-state index contributed by atoms with van der Waals surface area (Å²) in [7, 11) is -1.85. The van der Waals surface area contributed by atoms with Crippen molar-refractivity contribution in [3.63, 3.8) is 0 Å². The van der Waals surface area contributed by atoms with Gasteiger partial charge in [-0.1, -0.05) is 6.42 Å². The van der Waals surface area contributed by atoms with E-state index in [1.807, 2.05) is 0 Å². The van der Waals surface area contributed by atoms with Gasteiger partial charge in [-0.3, -0.25) is 0 Å². The minimum atomic E-state index is -3.28. The third-order valence-corrected chi connectivity index (χ3v) is 4.01. The SMILES string of the molecule is CNS(=O)(=O)N(CCN)C1CCC1. The summed E-state index contributed by atoms with van der Waals surface area (Å²) in [4.78, 5) is 0. The predicted molar refractivity (Wildman–Crippen MR) is 51.4 cm³/mol. The fraction of sp³-hybridized carbons (Fsp3) is 1.00. The van der Waals surface area contributed by atoms with Crippen molar-refractivity contribution in [2.75, 3.05) is 20.1 Å². The molecule has 0 heterocycles. The van der Waals surface area contributed by atoms with E-state index in [0.717, 1.165) is 19.3 Å². The lowest BCUT2D eigenvalue weighted by atomic mass is 9.93. The van der Waals surface area contributed by atoms with Gasteiger partial charge in [-0.2, -0.15) is 12.7 Å². The molecule has 0 unspecified atom stereocenters. The molecule has 0 aromatic rings. The van der Waals surface area contributed by atoms with Crippen LogP contribution in [-0.2, 0) is 10.2 Å². The first kappa shape index (κ1) is 10.9. The van der Waals surface area contributed by atoms with Gasteiger partial charge in [-0.25, -0.2) is 4.72 Å². The summed E-state index contributed by atoms with van der Waals surface area (Å²) < 4.78 is 26.8. The van der Waals surface area contributed by atoms with Gasteiger partial charge < -0.3 is 5.73 Å². The van der Waals surface area contributed by atoms with E-state index in [4.69, 9.17) is 5.73 Å². The molecule has 6 heteroatoms. The highest BCUT2D eigenvalue weighted by Crippen LogP contribution is 2.25. The monoisotopic (exact) mass is 207 g/mol. The fourth-order valence-corrected chi connectivity index (χ4v) is 2.60. The van der Waals surface area contributed by atoms with Crippen molar-refractivity contribution < 1.29 is 8.42 Å². The summed E-state index contributed by atoms with van der Waals surface area (Å²) in [5, 5.41) is 0. The summed E-state index contributed by atoms with van der Waals surface area (Å²) in [6.45, 7) is 0.783. The summed E-state index contributed by atoms with van der Waals surface area (Å²) in [5.74, 6) is 0. The summed E-state index contributed by atoms with van der Waals surface area (Å²) in [6.07, 6.45) is 3.03. The van der Waals surface area contributed by atoms with Gasteiger partial charge in [-0.15, -0.1) is 0 Å². The van der Waals surface area contributed by atoms with Gasteiger partial charge in [-0.05, 0) is 12.8 Å². The average molecular weight is 207 g/mol. The molecule has 0 bridgehead atoms. The van der Waals surface area contributed by atoms with Crippen LogP contribution >= 0.6 is 0 Å². The van der Waals surface area contributed by atoms with Crippen molar-refractivity contribution in [3.8, 4) is 0 Å². The smallest absolute Gasteiger partial charge is 0.279 e. The highest BCUT2D eigenvalue weighted by Gasteiger charge is 2.32. The molecular formula is C7H17N3O2S. The molecule has 1 fully saturated rings. The van der Waals surface area contributed by atoms with Crippen LogP contribution in [0.3, 0.4) is 0 Å². The van der Waals surface area contributed by atoms with Crippen LogP contribution in [0.15, 0.2) is 0 Å². The van der Waals surface area contributed by atoms with Gasteiger partial charge in [0, 0.05) is 26.2 Å². The molecule has 0 aliphatic heterocycles. The molecule has 5 nitrogen and oxygen atoms in total. The lowest BCUT2D eigenvalue weighted by molar-refractivity contribution is 0.221. The standard InChI is InChI=1S/C7H17N3O2S/c1-9-13(11,12)10(6-5-8)7-3-2-4-7/h7,9H,2-6,8H2,1H3. The van der Waals surface area contributed by atoms with E-state index in [1.165, 1.54) is 11.4 Å². The molecule has 0 saturated heterocycles. The predicted octanol–water partition coefficient (Wildman–Crippen LogP) is -0.736. The summed E-state index contributed by atoms with van der Waals surface area (Å²) >= 11 is 0. The number of nitrogens with one attached hydrogen (secondary N) is 1. The molecule has 1 aliphatic carbocycles. The Hall–Kier alpha value is -0.170. The van der Waals surface area contributed by atoms with Crippen LogP contribution in [0.1, 0.15) is 19.3 Å². The second-order valence-electron chi connectivity index (χ2n) is 3.19. The first-order valence-corrected chi connectivity index (χ1v) is 5.96. The van der Waals surface area contributed by atoms with Gasteiger partial charge in [0.1, 0.15) is 0 Å². The highest BCUT2D eigenvalue weighted by molar-refractivity contribution is 7.87. The summed E-state index contributed by atoms with van der Waals surface area (Å²) in [5.41, 5.74) is 5.36. The minimum absolute atomic E-state index is 0.168. The van der Waals surface area contributed by atoms with E-state index in [2.05, 4.69) is 4.72 Å². The van der Waals surface area contributed by atoms with Crippen LogP contribution in [0.5, 0.6) is 0 Å². The first-order valence-electron chi connectivity index (χ1n) is 4.52. The molecule has 1 saturated carbocycles. The molecule has 3 N–H and O–H groups in total. The molecule has 0 spiro atoms. The lowest BCUT2D eigenvalue weighted by Gasteiger charge is -2.35. The third-order valence-electron chi connectivity index (χ3n) is 2.40. The van der Waals surface area contributed by atoms with Gasteiger partial charge in [0.05, 0.1) is 0 Å². The molecule has 1 rings (SSSR count). The largest absolute Gasteiger partial charge is 0.329 e. The average Bonchev–Trinajstić information content (AvgIpc) is 2.00. The number of rotatable bonds is 5. The van der Waals surface area contributed by atoms with Crippen LogP contribution in [0.2, 0.25) is 0 Å². The van der Waals surface area contributed by atoms with E-state index in [9.17, 15) is 8.42 Å². The maximum absolute atomic E-state index is 11.5. The molecule has 78 valence electrons. The van der Waals surface area contributed by atoms with Crippen molar-refractivity contribution in [1.82, 2.24) is 9.03 Å². The molecule has 0 atom stereocenters. The van der Waals surface area contributed by atoms with Gasteiger partial charge >= 0.3 is 0 Å². The third kappa shape index (κ3) is 2.40. The van der Waals surface area contributed by atoms with E-state index in [0.29, 0.717) is 13.1 Å². The molecular weight excluding hydrogens is 190 g/mol. The molecule has 0 radical (unpaired) electrons. The summed E-state index contributed by atoms with van der Waals surface area (Å²) in [6, 6.07) is 0.168. The van der Waals surface area contributed by atoms with Crippen molar-refractivity contribution in [3.05, 3.63) is 0 Å². The molecule has 13 heavy (non-hydrogen) atoms. The van der Waals surface area contributed by atoms with Gasteiger partial charge in [0.15, 0.2) is 0 Å². The second kappa shape index (κ2) is 4.36. The van der Waals surface area contributed by atoms with Crippen molar-refractivity contribution >= 4 is 10.2 Å². The Bertz CT molecular complexity index is 248. The zero-order valence-electron chi connectivity index (χ0n) is 7.86. The Kier molecular flexibility index (Phi) is 3.66. The number of nitrogens with two attached hydrogens (primary N) is 1. The number of hydrogen-bond donors (Lipinski definition) is 2. The Balaban J connectivity index is 2.66. The molecule has 0 aromatic carbocycles. The van der Waals surface area contributed by atoms with Crippen molar-refractivity contribution in [1.29, 1.82) is 0 Å². The molecule has 0 aromatic heterocycles. The van der Waals surface area contributed by atoms with E-state index < -0.39 is 10.2 Å². The van der Waals surface area contributed by atoms with Crippen LogP contribution in [-0.4, -0.2) is 38.9 Å². The lowest BCUT2D eigenvalue weighted by Crippen LogP contribution is -2.50. The Morgan fingerprint density at radius 3 is 2.46 bits per heavy atom. The Morgan fingerprint density at radius 1 is 1.54 bits per heavy atom. The van der Waals surface area contributed by atoms with E-state index in [-0.39, 0.29) is 6.04 Å². The zero-order chi connectivity index (χ0) is 9.90. The van der Waals surface area contributed by atoms with E-state index >= 15 is 0 Å². The topological polar surface area (TPSA) is 75.4 Å². The molecule has 0 amide bonds. The van der Waals surface area contributed by atoms with E-state index in [1.54, 1.807) is 0 Å². The van der Waals surface area contributed by atoms with Gasteiger partial charge in [0.25, 0.3) is 10.2 Å². The van der Waals surface area contributed by atoms with Crippen LogP contribution in [0.4, 0.5) is 0 Å². The minimum Gasteiger partial charge on any atom is -0.329 e. The van der Waals surface area contributed by atoms with Crippen LogP contribution in [0.25, 0.3) is 0 Å². The van der Waals surface area contributed by atoms with Crippen LogP contribution in [0, 0.1) is 0 Å². The maximum Gasteiger partial charge on any atom is 0.279 e. The number of hydrogen-bond acceptors (Lipinski definition) is 3. The van der Waals surface area contributed by atoms with Crippen molar-refractivity contribution in [2.45, 2.75) is 25.3 Å². The zero-order valence-corrected chi connectivity index (χ0v) is 8.68. The highest BCUT2D eigenvalue weighted by atomic mass is 32.2. The van der Waals surface area contributed by atoms with Gasteiger partial charge in [0.2, 0.25) is 0 Å². The Labute approximate surface area is 79.5 Å². The normalized spacial score (nSPS) is 19.0. The van der Waals surface area contributed by atoms with Crippen molar-refractivity contribution in [2.24, 2.45) is 5.73 Å². The maximum atomic E-state index is 11.5.